The van der Waals surface area contributed by atoms with E-state index in [4.69, 9.17) is 4.74 Å². The summed E-state index contributed by atoms with van der Waals surface area (Å²) < 4.78 is 77.3. The number of aryl methyl sites for hydroxylation is 1. The highest BCUT2D eigenvalue weighted by Gasteiger charge is 2.53. The number of hydrogen-bond acceptors (Lipinski definition) is 7. The van der Waals surface area contributed by atoms with Gasteiger partial charge < -0.3 is 10.2 Å². The van der Waals surface area contributed by atoms with E-state index in [1.807, 2.05) is 0 Å². The van der Waals surface area contributed by atoms with Crippen LogP contribution in [0.2, 0.25) is 0 Å². The zero-order chi connectivity index (χ0) is 23.9. The molecule has 2 aromatic rings. The van der Waals surface area contributed by atoms with Crippen LogP contribution >= 0.6 is 0 Å². The number of anilines is 1. The van der Waals surface area contributed by atoms with E-state index in [0.29, 0.717) is 12.0 Å². The van der Waals surface area contributed by atoms with Crippen molar-refractivity contribution >= 4 is 22.1 Å². The van der Waals surface area contributed by atoms with E-state index < -0.39 is 38.7 Å². The lowest BCUT2D eigenvalue weighted by atomic mass is 9.70. The number of hydrazone groups is 1. The molecule has 0 saturated heterocycles. The Hall–Kier alpha value is -2.89. The van der Waals surface area contributed by atoms with Crippen molar-refractivity contribution in [2.75, 3.05) is 4.72 Å². The Morgan fingerprint density at radius 2 is 2.09 bits per heavy atom. The molecule has 0 radical (unpaired) electrons. The minimum Gasteiger partial charge on any atom is -0.487 e. The SMILES string of the molecule is Cc1cc(S(=O)(=O)Nc2ccncn2)c(F)cc1O[C@@]1(C)CC(F)(F)CC[C@@H]1C1CC=NN1. The molecule has 2 heterocycles. The Morgan fingerprint density at radius 1 is 1.30 bits per heavy atom. The smallest absolute Gasteiger partial charge is 0.265 e. The monoisotopic (exact) mass is 483 g/mol. The summed E-state index contributed by atoms with van der Waals surface area (Å²) in [6.45, 7) is 3.12. The number of alkyl halides is 2. The van der Waals surface area contributed by atoms with Gasteiger partial charge in [0.2, 0.25) is 0 Å². The predicted octanol–water partition coefficient (Wildman–Crippen LogP) is 3.65. The Bertz CT molecular complexity index is 1160. The summed E-state index contributed by atoms with van der Waals surface area (Å²) in [5.41, 5.74) is 1.93. The van der Waals surface area contributed by atoms with Crippen molar-refractivity contribution in [2.24, 2.45) is 11.0 Å². The van der Waals surface area contributed by atoms with Crippen molar-refractivity contribution in [1.29, 1.82) is 0 Å². The number of aromatic nitrogens is 2. The first-order valence-electron chi connectivity index (χ1n) is 10.4. The van der Waals surface area contributed by atoms with Crippen molar-refractivity contribution < 1.29 is 26.3 Å². The maximum atomic E-state index is 14.9. The summed E-state index contributed by atoms with van der Waals surface area (Å²) in [5, 5.41) is 3.99. The number of hydrogen-bond donors (Lipinski definition) is 2. The molecule has 0 amide bonds. The zero-order valence-corrected chi connectivity index (χ0v) is 18.9. The molecule has 0 spiro atoms. The lowest BCUT2D eigenvalue weighted by Crippen LogP contribution is -2.55. The number of ether oxygens (including phenoxy) is 1. The van der Waals surface area contributed by atoms with Crippen molar-refractivity contribution in [1.82, 2.24) is 15.4 Å². The van der Waals surface area contributed by atoms with Gasteiger partial charge in [0, 0.05) is 37.2 Å². The van der Waals surface area contributed by atoms with Gasteiger partial charge in [-0.2, -0.15) is 5.10 Å². The van der Waals surface area contributed by atoms with E-state index in [1.165, 1.54) is 19.2 Å². The van der Waals surface area contributed by atoms with E-state index in [2.05, 4.69) is 25.2 Å². The second-order valence-electron chi connectivity index (χ2n) is 8.62. The third-order valence-electron chi connectivity index (χ3n) is 6.07. The third kappa shape index (κ3) is 4.90. The Labute approximate surface area is 189 Å². The van der Waals surface area contributed by atoms with Crippen LogP contribution in [-0.4, -0.2) is 42.2 Å². The molecule has 2 aliphatic rings. The van der Waals surface area contributed by atoms with Gasteiger partial charge in [0.15, 0.2) is 0 Å². The van der Waals surface area contributed by atoms with Crippen LogP contribution in [0.15, 0.2) is 40.7 Å². The molecule has 12 heteroatoms. The van der Waals surface area contributed by atoms with Gasteiger partial charge in [-0.3, -0.25) is 4.72 Å². The second-order valence-corrected chi connectivity index (χ2v) is 10.3. The minimum absolute atomic E-state index is 0.0117. The summed E-state index contributed by atoms with van der Waals surface area (Å²) in [5.74, 6) is -4.31. The standard InChI is InChI=1S/C21H24F3N5O3S/c1-13-9-18(33(30,31)29-19-5-7-25-12-26-19)15(22)10-17(13)32-20(2)11-21(23,24)6-3-14(20)16-4-8-27-28-16/h5,7-10,12,14,16,28H,3-4,6,11H2,1-2H3,(H,25,26,29)/t14-,16?,20+/m1/s1. The zero-order valence-electron chi connectivity index (χ0n) is 18.1. The lowest BCUT2D eigenvalue weighted by Gasteiger charge is -2.46. The van der Waals surface area contributed by atoms with Gasteiger partial charge in [-0.1, -0.05) is 0 Å². The van der Waals surface area contributed by atoms with Crippen LogP contribution in [0, 0.1) is 18.7 Å². The van der Waals surface area contributed by atoms with E-state index in [9.17, 15) is 21.6 Å². The third-order valence-corrected chi connectivity index (χ3v) is 7.44. The predicted molar refractivity (Wildman–Crippen MR) is 115 cm³/mol. The molecule has 33 heavy (non-hydrogen) atoms. The highest BCUT2D eigenvalue weighted by molar-refractivity contribution is 7.92. The van der Waals surface area contributed by atoms with Gasteiger partial charge in [0.05, 0.1) is 12.5 Å². The Balaban J connectivity index is 1.63. The van der Waals surface area contributed by atoms with Crippen LogP contribution in [0.3, 0.4) is 0 Å². The normalized spacial score (nSPS) is 26.6. The van der Waals surface area contributed by atoms with Crippen LogP contribution in [0.4, 0.5) is 19.0 Å². The van der Waals surface area contributed by atoms with Crippen molar-refractivity contribution in [2.45, 2.75) is 62.0 Å². The number of nitrogens with one attached hydrogen (secondary N) is 2. The molecule has 0 bridgehead atoms. The van der Waals surface area contributed by atoms with E-state index in [1.54, 1.807) is 13.1 Å². The molecular formula is C21H24F3N5O3S. The molecule has 4 rings (SSSR count). The van der Waals surface area contributed by atoms with Crippen LogP contribution in [-0.2, 0) is 10.0 Å². The maximum Gasteiger partial charge on any atom is 0.265 e. The quantitative estimate of drug-likeness (QED) is 0.650. The summed E-state index contributed by atoms with van der Waals surface area (Å²) in [7, 11) is -4.29. The Kier molecular flexibility index (Phi) is 5.97. The lowest BCUT2D eigenvalue weighted by molar-refractivity contribution is -0.138. The first-order chi connectivity index (χ1) is 15.5. The molecule has 8 nitrogen and oxygen atoms in total. The fourth-order valence-electron chi connectivity index (χ4n) is 4.51. The summed E-state index contributed by atoms with van der Waals surface area (Å²) in [4.78, 5) is 6.86. The van der Waals surface area contributed by atoms with Crippen molar-refractivity contribution in [3.8, 4) is 5.75 Å². The van der Waals surface area contributed by atoms with Crippen molar-refractivity contribution in [3.05, 3.63) is 42.1 Å². The molecule has 3 atom stereocenters. The van der Waals surface area contributed by atoms with E-state index in [-0.39, 0.29) is 36.4 Å². The fraction of sp³-hybridized carbons (Fsp3) is 0.476. The number of nitrogens with zero attached hydrogens (tertiary/aromatic N) is 3. The molecule has 1 aliphatic carbocycles. The summed E-state index contributed by atoms with van der Waals surface area (Å²) in [6, 6.07) is 3.19. The van der Waals surface area contributed by atoms with Gasteiger partial charge in [0.25, 0.3) is 15.9 Å². The average Bonchev–Trinajstić information content (AvgIpc) is 3.24. The van der Waals surface area contributed by atoms with Gasteiger partial charge in [-0.25, -0.2) is 31.6 Å². The fourth-order valence-corrected chi connectivity index (χ4v) is 5.67. The van der Waals surface area contributed by atoms with E-state index >= 15 is 0 Å². The van der Waals surface area contributed by atoms with Crippen LogP contribution < -0.4 is 14.9 Å². The molecule has 1 aromatic carbocycles. The van der Waals surface area contributed by atoms with E-state index in [0.717, 1.165) is 18.5 Å². The van der Waals surface area contributed by atoms with Crippen LogP contribution in [0.25, 0.3) is 0 Å². The largest absolute Gasteiger partial charge is 0.487 e. The van der Waals surface area contributed by atoms with Crippen LogP contribution in [0.5, 0.6) is 5.75 Å². The van der Waals surface area contributed by atoms with Gasteiger partial charge in [-0.05, 0) is 38.0 Å². The number of rotatable bonds is 6. The molecule has 178 valence electrons. The molecule has 1 unspecified atom stereocenters. The highest BCUT2D eigenvalue weighted by atomic mass is 32.2. The molecule has 2 N–H and O–H groups in total. The maximum absolute atomic E-state index is 14.9. The second kappa shape index (κ2) is 8.47. The minimum atomic E-state index is -4.29. The average molecular weight is 484 g/mol. The highest BCUT2D eigenvalue weighted by Crippen LogP contribution is 2.47. The first-order valence-corrected chi connectivity index (χ1v) is 11.9. The molecule has 1 fully saturated rings. The summed E-state index contributed by atoms with van der Waals surface area (Å²) in [6.07, 6.45) is 4.15. The molecule has 1 saturated carbocycles. The number of benzene rings is 1. The Morgan fingerprint density at radius 3 is 2.76 bits per heavy atom. The topological polar surface area (TPSA) is 106 Å². The van der Waals surface area contributed by atoms with Gasteiger partial charge in [-0.15, -0.1) is 0 Å². The number of halogens is 3. The van der Waals surface area contributed by atoms with Crippen LogP contribution in [0.1, 0.15) is 38.2 Å². The van der Waals surface area contributed by atoms with Crippen molar-refractivity contribution in [3.63, 3.8) is 0 Å². The first kappa shape index (κ1) is 23.3. The molecule has 1 aliphatic heterocycles. The summed E-state index contributed by atoms with van der Waals surface area (Å²) >= 11 is 0. The molecule has 1 aromatic heterocycles. The van der Waals surface area contributed by atoms with Gasteiger partial charge in [0.1, 0.15) is 34.2 Å². The number of sulfonamides is 1. The molecular weight excluding hydrogens is 459 g/mol. The van der Waals surface area contributed by atoms with Gasteiger partial charge >= 0.3 is 0 Å².